The van der Waals surface area contributed by atoms with Gasteiger partial charge in [-0.3, -0.25) is 0 Å². The fourth-order valence-electron chi connectivity index (χ4n) is 3.06. The number of hydrogen-bond donors (Lipinski definition) is 2. The largest absolute Gasteiger partial charge is 0.497 e. The molecule has 0 fully saturated rings. The fourth-order valence-corrected chi connectivity index (χ4v) is 3.06. The van der Waals surface area contributed by atoms with E-state index in [0.29, 0.717) is 30.4 Å². The Morgan fingerprint density at radius 1 is 1.12 bits per heavy atom. The number of aliphatic imine (C=N–C) groups is 1. The number of halogens is 2. The van der Waals surface area contributed by atoms with Crippen molar-refractivity contribution >= 4 is 5.96 Å². The molecule has 7 nitrogen and oxygen atoms in total. The number of guanidine groups is 1. The SMILES string of the molecule is CCNC(=NCc1ccc(Cn2ccnc2)cc1)NCc1cc(OC)ccc1OC(F)F. The maximum Gasteiger partial charge on any atom is 0.387 e. The number of aromatic nitrogens is 2. The molecule has 3 rings (SSSR count). The lowest BCUT2D eigenvalue weighted by Gasteiger charge is -2.15. The standard InChI is InChI=1S/C23H27F2N5O2/c1-3-27-23(29-14-19-12-20(31-2)8-9-21(19)32-22(24)25)28-13-17-4-6-18(7-5-17)15-30-11-10-26-16-30/h4-12,16,22H,3,13-15H2,1-2H3,(H2,27,28,29). The van der Waals surface area contributed by atoms with Gasteiger partial charge in [0.25, 0.3) is 0 Å². The van der Waals surface area contributed by atoms with Crippen LogP contribution in [-0.2, 0) is 19.6 Å². The van der Waals surface area contributed by atoms with Gasteiger partial charge in [0.1, 0.15) is 11.5 Å². The van der Waals surface area contributed by atoms with Gasteiger partial charge in [-0.25, -0.2) is 9.98 Å². The molecular weight excluding hydrogens is 416 g/mol. The summed E-state index contributed by atoms with van der Waals surface area (Å²) >= 11 is 0. The Morgan fingerprint density at radius 3 is 2.56 bits per heavy atom. The Balaban J connectivity index is 1.64. The number of alkyl halides is 2. The Labute approximate surface area is 186 Å². The molecule has 0 atom stereocenters. The lowest BCUT2D eigenvalue weighted by molar-refractivity contribution is -0.0504. The molecule has 0 unspecified atom stereocenters. The lowest BCUT2D eigenvalue weighted by atomic mass is 10.1. The molecule has 0 saturated carbocycles. The van der Waals surface area contributed by atoms with Gasteiger partial charge in [0.15, 0.2) is 5.96 Å². The highest BCUT2D eigenvalue weighted by Gasteiger charge is 2.11. The summed E-state index contributed by atoms with van der Waals surface area (Å²) < 4.78 is 37.3. The number of nitrogens with zero attached hydrogens (tertiary/aromatic N) is 3. The van der Waals surface area contributed by atoms with Gasteiger partial charge in [-0.15, -0.1) is 0 Å². The monoisotopic (exact) mass is 443 g/mol. The molecular formula is C23H27F2N5O2. The van der Waals surface area contributed by atoms with E-state index < -0.39 is 6.61 Å². The minimum atomic E-state index is -2.90. The van der Waals surface area contributed by atoms with E-state index in [9.17, 15) is 8.78 Å². The highest BCUT2D eigenvalue weighted by Crippen LogP contribution is 2.25. The third-order valence-electron chi connectivity index (χ3n) is 4.64. The van der Waals surface area contributed by atoms with Crippen molar-refractivity contribution in [3.8, 4) is 11.5 Å². The zero-order chi connectivity index (χ0) is 22.8. The summed E-state index contributed by atoms with van der Waals surface area (Å²) in [5.74, 6) is 1.22. The maximum absolute atomic E-state index is 12.7. The van der Waals surface area contributed by atoms with Gasteiger partial charge in [-0.2, -0.15) is 8.78 Å². The first-order valence-electron chi connectivity index (χ1n) is 10.2. The summed E-state index contributed by atoms with van der Waals surface area (Å²) in [5, 5.41) is 6.32. The van der Waals surface area contributed by atoms with Gasteiger partial charge in [0.2, 0.25) is 0 Å². The first-order chi connectivity index (χ1) is 15.6. The fraction of sp³-hybridized carbons (Fsp3) is 0.304. The Hall–Kier alpha value is -3.62. The molecule has 0 radical (unpaired) electrons. The van der Waals surface area contributed by atoms with Gasteiger partial charge < -0.3 is 24.7 Å². The highest BCUT2D eigenvalue weighted by atomic mass is 19.3. The molecule has 1 heterocycles. The summed E-state index contributed by atoms with van der Waals surface area (Å²) in [7, 11) is 1.52. The van der Waals surface area contributed by atoms with Crippen molar-refractivity contribution in [2.75, 3.05) is 13.7 Å². The van der Waals surface area contributed by atoms with Gasteiger partial charge >= 0.3 is 6.61 Å². The van der Waals surface area contributed by atoms with Crippen LogP contribution in [0.1, 0.15) is 23.6 Å². The molecule has 2 aromatic carbocycles. The number of imidazole rings is 1. The number of methoxy groups -OCH3 is 1. The number of rotatable bonds is 10. The molecule has 0 bridgehead atoms. The van der Waals surface area contributed by atoms with Gasteiger partial charge in [-0.1, -0.05) is 24.3 Å². The van der Waals surface area contributed by atoms with Crippen LogP contribution in [0.4, 0.5) is 8.78 Å². The van der Waals surface area contributed by atoms with Gasteiger partial charge in [0, 0.05) is 37.6 Å². The minimum Gasteiger partial charge on any atom is -0.497 e. The van der Waals surface area contributed by atoms with E-state index in [2.05, 4.69) is 37.5 Å². The molecule has 170 valence electrons. The molecule has 1 aromatic heterocycles. The van der Waals surface area contributed by atoms with E-state index in [4.69, 9.17) is 4.74 Å². The highest BCUT2D eigenvalue weighted by molar-refractivity contribution is 5.79. The van der Waals surface area contributed by atoms with E-state index in [1.165, 1.54) is 18.7 Å². The van der Waals surface area contributed by atoms with Crippen LogP contribution >= 0.6 is 0 Å². The average molecular weight is 443 g/mol. The minimum absolute atomic E-state index is 0.0950. The summed E-state index contributed by atoms with van der Waals surface area (Å²) in [4.78, 5) is 8.65. The van der Waals surface area contributed by atoms with E-state index >= 15 is 0 Å². The van der Waals surface area contributed by atoms with Crippen LogP contribution in [0.2, 0.25) is 0 Å². The molecule has 0 aliphatic rings. The predicted octanol–water partition coefficient (Wildman–Crippen LogP) is 3.80. The number of ether oxygens (including phenoxy) is 2. The summed E-state index contributed by atoms with van der Waals surface area (Å²) in [6, 6.07) is 12.9. The Kier molecular flexibility index (Phi) is 8.42. The van der Waals surface area contributed by atoms with E-state index in [-0.39, 0.29) is 12.3 Å². The lowest BCUT2D eigenvalue weighted by Crippen LogP contribution is -2.36. The molecule has 32 heavy (non-hydrogen) atoms. The molecule has 0 amide bonds. The zero-order valence-corrected chi connectivity index (χ0v) is 18.1. The molecule has 9 heteroatoms. The molecule has 0 aliphatic carbocycles. The summed E-state index contributed by atoms with van der Waals surface area (Å²) in [5.41, 5.74) is 2.77. The van der Waals surface area contributed by atoms with E-state index in [1.807, 2.05) is 29.8 Å². The topological polar surface area (TPSA) is 72.7 Å². The van der Waals surface area contributed by atoms with Crippen molar-refractivity contribution in [2.24, 2.45) is 4.99 Å². The van der Waals surface area contributed by atoms with E-state index in [1.54, 1.807) is 24.7 Å². The van der Waals surface area contributed by atoms with Crippen LogP contribution in [0.15, 0.2) is 66.2 Å². The maximum atomic E-state index is 12.7. The molecule has 0 spiro atoms. The van der Waals surface area contributed by atoms with Crippen molar-refractivity contribution in [3.05, 3.63) is 77.9 Å². The molecule has 0 saturated heterocycles. The van der Waals surface area contributed by atoms with Crippen LogP contribution in [-0.4, -0.2) is 35.8 Å². The normalized spacial score (nSPS) is 11.5. The predicted molar refractivity (Wildman–Crippen MR) is 119 cm³/mol. The second kappa shape index (κ2) is 11.7. The van der Waals surface area contributed by atoms with Crippen molar-refractivity contribution in [1.29, 1.82) is 0 Å². The second-order valence-electron chi connectivity index (χ2n) is 6.95. The number of benzene rings is 2. The Morgan fingerprint density at radius 2 is 1.91 bits per heavy atom. The molecule has 3 aromatic rings. The smallest absolute Gasteiger partial charge is 0.387 e. The van der Waals surface area contributed by atoms with Crippen LogP contribution in [0, 0.1) is 0 Å². The third-order valence-corrected chi connectivity index (χ3v) is 4.64. The Bertz CT molecular complexity index is 992. The van der Waals surface area contributed by atoms with Crippen LogP contribution in [0.3, 0.4) is 0 Å². The second-order valence-corrected chi connectivity index (χ2v) is 6.95. The zero-order valence-electron chi connectivity index (χ0n) is 18.1. The average Bonchev–Trinajstić information content (AvgIpc) is 3.30. The third kappa shape index (κ3) is 6.97. The van der Waals surface area contributed by atoms with Gasteiger partial charge in [-0.05, 0) is 36.2 Å². The first kappa shape index (κ1) is 23.1. The molecule has 0 aliphatic heterocycles. The number of nitrogens with one attached hydrogen (secondary N) is 2. The van der Waals surface area contributed by atoms with Crippen molar-refractivity contribution in [1.82, 2.24) is 20.2 Å². The number of hydrogen-bond acceptors (Lipinski definition) is 4. The van der Waals surface area contributed by atoms with Crippen molar-refractivity contribution in [3.63, 3.8) is 0 Å². The van der Waals surface area contributed by atoms with Crippen LogP contribution in [0.5, 0.6) is 11.5 Å². The van der Waals surface area contributed by atoms with Crippen LogP contribution < -0.4 is 20.1 Å². The molecule has 2 N–H and O–H groups in total. The summed E-state index contributed by atoms with van der Waals surface area (Å²) in [6.45, 7) is 1.19. The summed E-state index contributed by atoms with van der Waals surface area (Å²) in [6.07, 6.45) is 5.46. The van der Waals surface area contributed by atoms with Crippen molar-refractivity contribution in [2.45, 2.75) is 33.2 Å². The quantitative estimate of drug-likeness (QED) is 0.368. The first-order valence-corrected chi connectivity index (χ1v) is 10.2. The van der Waals surface area contributed by atoms with Crippen molar-refractivity contribution < 1.29 is 18.3 Å². The van der Waals surface area contributed by atoms with E-state index in [0.717, 1.165) is 12.1 Å². The van der Waals surface area contributed by atoms with Crippen LogP contribution in [0.25, 0.3) is 0 Å². The van der Waals surface area contributed by atoms with Gasteiger partial charge in [0.05, 0.1) is 20.0 Å².